The summed E-state index contributed by atoms with van der Waals surface area (Å²) in [5.74, 6) is 0.507. The van der Waals surface area contributed by atoms with Gasteiger partial charge in [0.05, 0.1) is 23.5 Å². The third kappa shape index (κ3) is 3.26. The Bertz CT molecular complexity index is 1220. The normalized spacial score (nSPS) is 18.0. The zero-order valence-electron chi connectivity index (χ0n) is 18.3. The molecule has 0 saturated carbocycles. The predicted octanol–water partition coefficient (Wildman–Crippen LogP) is 3.37. The number of rotatable bonds is 3. The highest BCUT2D eigenvalue weighted by molar-refractivity contribution is 6.05. The first-order valence-electron chi connectivity index (χ1n) is 11.0. The molecular weight excluding hydrogens is 402 g/mol. The van der Waals surface area contributed by atoms with Crippen molar-refractivity contribution in [2.45, 2.75) is 32.1 Å². The molecule has 1 aliphatic heterocycles. The van der Waals surface area contributed by atoms with Gasteiger partial charge in [0.2, 0.25) is 5.91 Å². The monoisotopic (exact) mass is 429 g/mol. The molecule has 3 aromatic rings. The van der Waals surface area contributed by atoms with Gasteiger partial charge >= 0.3 is 0 Å². The number of hydrogen-bond donors (Lipinski definition) is 1. The molecule has 0 unspecified atom stereocenters. The van der Waals surface area contributed by atoms with E-state index in [0.29, 0.717) is 5.82 Å². The fraction of sp³-hybridized carbons (Fsp3) is 0.375. The molecule has 0 atom stereocenters. The van der Waals surface area contributed by atoms with E-state index in [4.69, 9.17) is 5.73 Å². The number of anilines is 1. The highest BCUT2D eigenvalue weighted by Crippen LogP contribution is 2.48. The molecule has 2 aliphatic rings. The molecule has 0 bridgehead atoms. The van der Waals surface area contributed by atoms with E-state index in [1.165, 1.54) is 18.0 Å². The molecular formula is C24H27N7O. The molecule has 8 heteroatoms. The summed E-state index contributed by atoms with van der Waals surface area (Å²) in [6.07, 6.45) is 13.9. The molecule has 1 aliphatic carbocycles. The van der Waals surface area contributed by atoms with Crippen molar-refractivity contribution in [3.8, 4) is 11.1 Å². The Labute approximate surface area is 186 Å². The van der Waals surface area contributed by atoms with Gasteiger partial charge in [0.15, 0.2) is 0 Å². The fourth-order valence-electron chi connectivity index (χ4n) is 5.31. The second kappa shape index (κ2) is 7.85. The summed E-state index contributed by atoms with van der Waals surface area (Å²) < 4.78 is 2.12. The maximum Gasteiger partial charge on any atom is 0.245 e. The van der Waals surface area contributed by atoms with Crippen LogP contribution >= 0.6 is 0 Å². The summed E-state index contributed by atoms with van der Waals surface area (Å²) in [7, 11) is 2.03. The van der Waals surface area contributed by atoms with Crippen molar-refractivity contribution in [3.05, 3.63) is 49.2 Å². The van der Waals surface area contributed by atoms with Gasteiger partial charge in [-0.05, 0) is 55.2 Å². The van der Waals surface area contributed by atoms with Crippen molar-refractivity contribution in [2.75, 3.05) is 18.8 Å². The van der Waals surface area contributed by atoms with Crippen molar-refractivity contribution in [1.82, 2.24) is 29.6 Å². The third-order valence-electron chi connectivity index (χ3n) is 7.19. The van der Waals surface area contributed by atoms with Gasteiger partial charge in [-0.1, -0.05) is 12.7 Å². The maximum absolute atomic E-state index is 12.0. The second-order valence-electron chi connectivity index (χ2n) is 8.83. The number of nitrogen functional groups attached to an aromatic ring is 1. The molecule has 0 aromatic carbocycles. The topological polar surface area (TPSA) is 103 Å². The molecule has 8 nitrogen and oxygen atoms in total. The molecule has 5 rings (SSSR count). The molecule has 2 N–H and O–H groups in total. The number of nitrogens with zero attached hydrogens (tertiary/aromatic N) is 6. The van der Waals surface area contributed by atoms with Crippen LogP contribution in [0.5, 0.6) is 0 Å². The summed E-state index contributed by atoms with van der Waals surface area (Å²) >= 11 is 0. The summed E-state index contributed by atoms with van der Waals surface area (Å²) in [6, 6.07) is 1.95. The van der Waals surface area contributed by atoms with Crippen LogP contribution in [0.25, 0.3) is 27.7 Å². The number of likely N-dealkylation sites (tertiary alicyclic amines) is 1. The van der Waals surface area contributed by atoms with E-state index in [1.807, 2.05) is 18.0 Å². The smallest absolute Gasteiger partial charge is 0.245 e. The lowest BCUT2D eigenvalue weighted by atomic mass is 9.68. The number of aryl methyl sites for hydroxylation is 1. The highest BCUT2D eigenvalue weighted by atomic mass is 16.2. The number of carbonyl (C=O) groups excluding carboxylic acids is 1. The van der Waals surface area contributed by atoms with Crippen molar-refractivity contribution in [1.29, 1.82) is 0 Å². The number of carbonyl (C=O) groups is 1. The number of allylic oxidation sites excluding steroid dienone is 2. The highest BCUT2D eigenvalue weighted by Gasteiger charge is 2.37. The lowest BCUT2D eigenvalue weighted by molar-refractivity contribution is -0.128. The molecule has 164 valence electrons. The summed E-state index contributed by atoms with van der Waals surface area (Å²) in [5.41, 5.74) is 11.8. The Balaban J connectivity index is 1.53. The van der Waals surface area contributed by atoms with Gasteiger partial charge in [0.25, 0.3) is 0 Å². The van der Waals surface area contributed by atoms with Gasteiger partial charge < -0.3 is 15.2 Å². The predicted molar refractivity (Wildman–Crippen MR) is 124 cm³/mol. The van der Waals surface area contributed by atoms with Gasteiger partial charge in [0, 0.05) is 31.3 Å². The van der Waals surface area contributed by atoms with Crippen LogP contribution < -0.4 is 5.73 Å². The van der Waals surface area contributed by atoms with Crippen molar-refractivity contribution >= 4 is 28.3 Å². The maximum atomic E-state index is 12.0. The van der Waals surface area contributed by atoms with Crippen LogP contribution in [0.3, 0.4) is 0 Å². The van der Waals surface area contributed by atoms with E-state index < -0.39 is 0 Å². The average Bonchev–Trinajstić information content (AvgIpc) is 3.14. The van der Waals surface area contributed by atoms with Gasteiger partial charge in [0.1, 0.15) is 17.8 Å². The number of hydrogen-bond acceptors (Lipinski definition) is 6. The molecule has 1 amide bonds. The second-order valence-corrected chi connectivity index (χ2v) is 8.83. The van der Waals surface area contributed by atoms with Crippen LogP contribution in [0.4, 0.5) is 5.82 Å². The van der Waals surface area contributed by atoms with Crippen molar-refractivity contribution in [2.24, 2.45) is 12.5 Å². The number of aromatic nitrogens is 5. The molecule has 3 aromatic heterocycles. The van der Waals surface area contributed by atoms with E-state index >= 15 is 0 Å². The van der Waals surface area contributed by atoms with Crippen LogP contribution in [0.15, 0.2) is 43.5 Å². The Kier molecular flexibility index (Phi) is 5.00. The van der Waals surface area contributed by atoms with E-state index in [0.717, 1.165) is 73.0 Å². The van der Waals surface area contributed by atoms with Crippen LogP contribution in [0.1, 0.15) is 37.8 Å². The summed E-state index contributed by atoms with van der Waals surface area (Å²) in [4.78, 5) is 22.6. The van der Waals surface area contributed by atoms with Crippen molar-refractivity contribution < 1.29 is 4.79 Å². The van der Waals surface area contributed by atoms with Gasteiger partial charge in [-0.25, -0.2) is 9.97 Å². The standard InChI is InChI=1S/C24H27N7O/c1-3-18(32)31-12-9-24(10-13-31)7-4-16(5-8-24)21-19(17-6-11-28-29-14-17)20-22(25)26-15-27-23(20)30(21)2/h3-4,6,11,14-15H,1,5,7-10,12-13H2,2H3,(H2,25,26,27). The van der Waals surface area contributed by atoms with E-state index in [1.54, 1.807) is 12.4 Å². The first-order valence-corrected chi connectivity index (χ1v) is 11.0. The molecule has 0 radical (unpaired) electrons. The quantitative estimate of drug-likeness (QED) is 0.641. The van der Waals surface area contributed by atoms with E-state index in [-0.39, 0.29) is 11.3 Å². The minimum atomic E-state index is 0.0386. The summed E-state index contributed by atoms with van der Waals surface area (Å²) in [5, 5.41) is 8.88. The largest absolute Gasteiger partial charge is 0.383 e. The molecule has 1 fully saturated rings. The lowest BCUT2D eigenvalue weighted by Gasteiger charge is -2.43. The Morgan fingerprint density at radius 3 is 2.69 bits per heavy atom. The molecule has 4 heterocycles. The number of nitrogens with two attached hydrogens (primary N) is 1. The molecule has 32 heavy (non-hydrogen) atoms. The first kappa shape index (κ1) is 20.4. The van der Waals surface area contributed by atoms with Gasteiger partial charge in [-0.3, -0.25) is 4.79 Å². The first-order chi connectivity index (χ1) is 15.5. The zero-order valence-corrected chi connectivity index (χ0v) is 18.3. The van der Waals surface area contributed by atoms with Crippen LogP contribution in [-0.2, 0) is 11.8 Å². The van der Waals surface area contributed by atoms with Crippen LogP contribution in [0.2, 0.25) is 0 Å². The van der Waals surface area contributed by atoms with Crippen LogP contribution in [0, 0.1) is 5.41 Å². The minimum absolute atomic E-state index is 0.0386. The Morgan fingerprint density at radius 1 is 1.22 bits per heavy atom. The number of amides is 1. The average molecular weight is 430 g/mol. The lowest BCUT2D eigenvalue weighted by Crippen LogP contribution is -2.43. The van der Waals surface area contributed by atoms with E-state index in [2.05, 4.69) is 37.4 Å². The SMILES string of the molecule is C=CC(=O)N1CCC2(CC=C(c3c(-c4ccnnc4)c4c(N)ncnc4n3C)CC2)CC1. The molecule has 1 saturated heterocycles. The van der Waals surface area contributed by atoms with Gasteiger partial charge in [-0.2, -0.15) is 10.2 Å². The summed E-state index contributed by atoms with van der Waals surface area (Å²) in [6.45, 7) is 5.23. The van der Waals surface area contributed by atoms with E-state index in [9.17, 15) is 4.79 Å². The van der Waals surface area contributed by atoms with Crippen molar-refractivity contribution in [3.63, 3.8) is 0 Å². The Hall–Kier alpha value is -3.55. The minimum Gasteiger partial charge on any atom is -0.383 e. The number of fused-ring (bicyclic) bond motifs is 1. The molecule has 1 spiro atoms. The van der Waals surface area contributed by atoms with Gasteiger partial charge in [-0.15, -0.1) is 0 Å². The fourth-order valence-corrected chi connectivity index (χ4v) is 5.31. The Morgan fingerprint density at radius 2 is 2.03 bits per heavy atom. The van der Waals surface area contributed by atoms with Crippen LogP contribution in [-0.4, -0.2) is 48.6 Å². The zero-order chi connectivity index (χ0) is 22.3. The third-order valence-corrected chi connectivity index (χ3v) is 7.19. The number of piperidine rings is 1.